The lowest BCUT2D eigenvalue weighted by Crippen LogP contribution is -2.29. The van der Waals surface area contributed by atoms with Crippen molar-refractivity contribution < 1.29 is 27.5 Å². The number of nitrogens with one attached hydrogen (secondary N) is 1. The highest BCUT2D eigenvalue weighted by molar-refractivity contribution is 6.03. The van der Waals surface area contributed by atoms with Gasteiger partial charge in [0.15, 0.2) is 5.69 Å². The van der Waals surface area contributed by atoms with Gasteiger partial charge in [-0.05, 0) is 70.9 Å². The maximum Gasteiger partial charge on any atom is 0.434 e. The summed E-state index contributed by atoms with van der Waals surface area (Å²) in [7, 11) is 0. The van der Waals surface area contributed by atoms with Crippen molar-refractivity contribution in [3.05, 3.63) is 59.2 Å². The number of carbonyl (C=O) groups excluding carboxylic acids is 2. The third-order valence-electron chi connectivity index (χ3n) is 5.49. The second-order valence-electron chi connectivity index (χ2n) is 9.35. The third kappa shape index (κ3) is 5.08. The molecular formula is C24H26F3N5O3. The Morgan fingerprint density at radius 3 is 2.34 bits per heavy atom. The number of esters is 1. The standard InChI is InChI=1S/C24H26F3N5O3/c1-5-35-22(34)17-13-28-31(20(17)24(25,26)27)16-10-8-15(9-11-16)29-21(33)19-12-18(14-6-7-14)30-32(19)23(2,3)4/h8-14H,5-7H2,1-4H3,(H,29,33). The van der Waals surface area contributed by atoms with Crippen LogP contribution in [0.4, 0.5) is 18.9 Å². The molecule has 1 aliphatic rings. The number of rotatable bonds is 6. The van der Waals surface area contributed by atoms with Crippen LogP contribution in [0, 0.1) is 0 Å². The van der Waals surface area contributed by atoms with Crippen LogP contribution in [0.25, 0.3) is 5.69 Å². The van der Waals surface area contributed by atoms with Gasteiger partial charge >= 0.3 is 12.1 Å². The molecule has 4 rings (SSSR count). The Balaban J connectivity index is 1.59. The minimum absolute atomic E-state index is 0.0635. The Labute approximate surface area is 200 Å². The molecule has 2 aromatic heterocycles. The SMILES string of the molecule is CCOC(=O)c1cnn(-c2ccc(NC(=O)c3cc(C4CC4)nn3C(C)(C)C)cc2)c1C(F)(F)F. The van der Waals surface area contributed by atoms with E-state index in [4.69, 9.17) is 4.74 Å². The Hall–Kier alpha value is -3.63. The van der Waals surface area contributed by atoms with E-state index in [1.54, 1.807) is 10.7 Å². The number of hydrogen-bond donors (Lipinski definition) is 1. The molecule has 1 amide bonds. The van der Waals surface area contributed by atoms with Crippen LogP contribution in [0.15, 0.2) is 36.5 Å². The number of benzene rings is 1. The Morgan fingerprint density at radius 2 is 1.80 bits per heavy atom. The predicted molar refractivity (Wildman–Crippen MR) is 122 cm³/mol. The molecule has 0 radical (unpaired) electrons. The van der Waals surface area contributed by atoms with E-state index >= 15 is 0 Å². The lowest BCUT2D eigenvalue weighted by atomic mass is 10.1. The fraction of sp³-hybridized carbons (Fsp3) is 0.417. The first kappa shape index (κ1) is 24.5. The van der Waals surface area contributed by atoms with Gasteiger partial charge in [0.25, 0.3) is 5.91 Å². The smallest absolute Gasteiger partial charge is 0.434 e. The van der Waals surface area contributed by atoms with Crippen LogP contribution in [0.1, 0.15) is 78.7 Å². The molecule has 8 nitrogen and oxygen atoms in total. The molecule has 3 aromatic rings. The molecule has 186 valence electrons. The molecular weight excluding hydrogens is 463 g/mol. The van der Waals surface area contributed by atoms with Gasteiger partial charge in [-0.25, -0.2) is 9.48 Å². The molecule has 1 aromatic carbocycles. The first-order valence-corrected chi connectivity index (χ1v) is 11.2. The van der Waals surface area contributed by atoms with E-state index in [1.807, 2.05) is 20.8 Å². The van der Waals surface area contributed by atoms with Crippen molar-refractivity contribution in [1.82, 2.24) is 19.6 Å². The lowest BCUT2D eigenvalue weighted by molar-refractivity contribution is -0.143. The first-order valence-electron chi connectivity index (χ1n) is 11.2. The Kier molecular flexibility index (Phi) is 6.20. The van der Waals surface area contributed by atoms with Gasteiger partial charge < -0.3 is 10.1 Å². The minimum atomic E-state index is -4.84. The largest absolute Gasteiger partial charge is 0.462 e. The molecule has 1 aliphatic carbocycles. The highest BCUT2D eigenvalue weighted by Gasteiger charge is 2.41. The number of halogens is 3. The number of alkyl halides is 3. The summed E-state index contributed by atoms with van der Waals surface area (Å²) in [6.45, 7) is 7.30. The van der Waals surface area contributed by atoms with Gasteiger partial charge in [0, 0.05) is 11.6 Å². The molecule has 1 fully saturated rings. The van der Waals surface area contributed by atoms with Crippen molar-refractivity contribution in [2.24, 2.45) is 0 Å². The minimum Gasteiger partial charge on any atom is -0.462 e. The molecule has 1 saturated carbocycles. The summed E-state index contributed by atoms with van der Waals surface area (Å²) in [5.41, 5.74) is -0.548. The van der Waals surface area contributed by atoms with Gasteiger partial charge in [-0.2, -0.15) is 23.4 Å². The molecule has 0 saturated heterocycles. The molecule has 0 spiro atoms. The number of nitrogens with zero attached hydrogens (tertiary/aromatic N) is 4. The van der Waals surface area contributed by atoms with E-state index in [0.717, 1.165) is 24.7 Å². The maximum atomic E-state index is 13.7. The number of carbonyl (C=O) groups is 2. The van der Waals surface area contributed by atoms with Gasteiger partial charge in [0.1, 0.15) is 11.3 Å². The van der Waals surface area contributed by atoms with Crippen molar-refractivity contribution in [2.45, 2.75) is 58.2 Å². The normalized spacial score (nSPS) is 14.1. The zero-order valence-electron chi connectivity index (χ0n) is 19.8. The van der Waals surface area contributed by atoms with Crippen LogP contribution < -0.4 is 5.32 Å². The molecule has 35 heavy (non-hydrogen) atoms. The number of aromatic nitrogens is 4. The van der Waals surface area contributed by atoms with E-state index in [9.17, 15) is 22.8 Å². The van der Waals surface area contributed by atoms with Gasteiger partial charge in [-0.1, -0.05) is 0 Å². The number of anilines is 1. The van der Waals surface area contributed by atoms with Crippen LogP contribution in [-0.2, 0) is 16.5 Å². The number of amides is 1. The van der Waals surface area contributed by atoms with Gasteiger partial charge in [-0.15, -0.1) is 0 Å². The van der Waals surface area contributed by atoms with Gasteiger partial charge in [-0.3, -0.25) is 9.48 Å². The molecule has 0 atom stereocenters. The zero-order chi connectivity index (χ0) is 25.5. The van der Waals surface area contributed by atoms with Gasteiger partial charge in [0.05, 0.1) is 29.7 Å². The second kappa shape index (κ2) is 8.86. The predicted octanol–water partition coefficient (Wildman–Crippen LogP) is 5.15. The number of ether oxygens (including phenoxy) is 1. The van der Waals surface area contributed by atoms with E-state index < -0.39 is 28.9 Å². The van der Waals surface area contributed by atoms with E-state index in [1.165, 1.54) is 31.2 Å². The molecule has 0 unspecified atom stereocenters. The van der Waals surface area contributed by atoms with Crippen molar-refractivity contribution in [3.8, 4) is 5.69 Å². The fourth-order valence-electron chi connectivity index (χ4n) is 3.71. The molecule has 1 N–H and O–H groups in total. The van der Waals surface area contributed by atoms with Crippen LogP contribution in [0.5, 0.6) is 0 Å². The molecule has 11 heteroatoms. The van der Waals surface area contributed by atoms with Gasteiger partial charge in [0.2, 0.25) is 0 Å². The summed E-state index contributed by atoms with van der Waals surface area (Å²) >= 11 is 0. The summed E-state index contributed by atoms with van der Waals surface area (Å²) in [5.74, 6) is -1.09. The summed E-state index contributed by atoms with van der Waals surface area (Å²) < 4.78 is 48.2. The van der Waals surface area contributed by atoms with E-state index in [-0.39, 0.29) is 18.2 Å². The van der Waals surface area contributed by atoms with Crippen LogP contribution in [0.3, 0.4) is 0 Å². The average Bonchev–Trinajstić information content (AvgIpc) is 3.33. The highest BCUT2D eigenvalue weighted by Crippen LogP contribution is 2.40. The quantitative estimate of drug-likeness (QED) is 0.484. The third-order valence-corrected chi connectivity index (χ3v) is 5.49. The Morgan fingerprint density at radius 1 is 1.14 bits per heavy atom. The summed E-state index contributed by atoms with van der Waals surface area (Å²) in [5, 5.41) is 11.2. The summed E-state index contributed by atoms with van der Waals surface area (Å²) in [6.07, 6.45) is -1.90. The lowest BCUT2D eigenvalue weighted by Gasteiger charge is -2.22. The molecule has 0 aliphatic heterocycles. The summed E-state index contributed by atoms with van der Waals surface area (Å²) in [6, 6.07) is 7.49. The topological polar surface area (TPSA) is 91.0 Å². The van der Waals surface area contributed by atoms with Crippen molar-refractivity contribution in [2.75, 3.05) is 11.9 Å². The first-order chi connectivity index (χ1) is 16.4. The maximum absolute atomic E-state index is 13.7. The van der Waals surface area contributed by atoms with Crippen molar-refractivity contribution in [3.63, 3.8) is 0 Å². The van der Waals surface area contributed by atoms with Crippen LogP contribution in [0.2, 0.25) is 0 Å². The second-order valence-corrected chi connectivity index (χ2v) is 9.35. The summed E-state index contributed by atoms with van der Waals surface area (Å²) in [4.78, 5) is 25.0. The Bertz CT molecular complexity index is 1250. The van der Waals surface area contributed by atoms with Crippen LogP contribution >= 0.6 is 0 Å². The zero-order valence-corrected chi connectivity index (χ0v) is 19.8. The molecule has 0 bridgehead atoms. The fourth-order valence-corrected chi connectivity index (χ4v) is 3.71. The molecule has 2 heterocycles. The monoisotopic (exact) mass is 489 g/mol. The van der Waals surface area contributed by atoms with Crippen LogP contribution in [-0.4, -0.2) is 38.0 Å². The van der Waals surface area contributed by atoms with E-state index in [0.29, 0.717) is 22.0 Å². The number of hydrogen-bond acceptors (Lipinski definition) is 5. The van der Waals surface area contributed by atoms with Crippen molar-refractivity contribution >= 4 is 17.6 Å². The van der Waals surface area contributed by atoms with E-state index in [2.05, 4.69) is 15.5 Å². The van der Waals surface area contributed by atoms with Crippen molar-refractivity contribution in [1.29, 1.82) is 0 Å². The average molecular weight is 489 g/mol. The highest BCUT2D eigenvalue weighted by atomic mass is 19.4.